The van der Waals surface area contributed by atoms with Gasteiger partial charge in [0.2, 0.25) is 5.91 Å². The zero-order valence-corrected chi connectivity index (χ0v) is 11.7. The van der Waals surface area contributed by atoms with Crippen LogP contribution in [0.3, 0.4) is 0 Å². The predicted molar refractivity (Wildman–Crippen MR) is 73.5 cm³/mol. The van der Waals surface area contributed by atoms with Crippen LogP contribution in [0.1, 0.15) is 30.6 Å². The molecule has 100 valence electrons. The first-order chi connectivity index (χ1) is 9.06. The van der Waals surface area contributed by atoms with Crippen LogP contribution in [0.4, 0.5) is 0 Å². The molecule has 1 aliphatic rings. The van der Waals surface area contributed by atoms with Gasteiger partial charge in [0.25, 0.3) is 0 Å². The van der Waals surface area contributed by atoms with Crippen molar-refractivity contribution in [1.29, 1.82) is 0 Å². The van der Waals surface area contributed by atoms with E-state index in [-0.39, 0.29) is 17.3 Å². The molecular weight excluding hydrogens is 287 g/mol. The quantitative estimate of drug-likeness (QED) is 0.866. The van der Waals surface area contributed by atoms with Gasteiger partial charge in [0.05, 0.1) is 16.4 Å². The number of halogens is 2. The fourth-order valence-electron chi connectivity index (χ4n) is 2.39. The number of carbonyl (C=O) groups excluding carboxylic acids is 1. The first kappa shape index (κ1) is 12.7. The van der Waals surface area contributed by atoms with Gasteiger partial charge in [0.1, 0.15) is 11.3 Å². The fourth-order valence-corrected chi connectivity index (χ4v) is 2.69. The van der Waals surface area contributed by atoms with Gasteiger partial charge in [-0.05, 0) is 13.0 Å². The molecule has 0 spiro atoms. The molecule has 1 amide bonds. The van der Waals surface area contributed by atoms with Gasteiger partial charge >= 0.3 is 0 Å². The maximum absolute atomic E-state index is 11.4. The zero-order chi connectivity index (χ0) is 13.6. The molecule has 1 fully saturated rings. The fraction of sp³-hybridized carbons (Fsp3) is 0.417. The van der Waals surface area contributed by atoms with Crippen LogP contribution < -0.4 is 5.32 Å². The van der Waals surface area contributed by atoms with Crippen molar-refractivity contribution in [1.82, 2.24) is 19.9 Å². The summed E-state index contributed by atoms with van der Waals surface area (Å²) in [6.45, 7) is 2.43. The lowest BCUT2D eigenvalue weighted by atomic mass is 10.2. The minimum Gasteiger partial charge on any atom is -0.354 e. The third-order valence-electron chi connectivity index (χ3n) is 3.20. The van der Waals surface area contributed by atoms with Gasteiger partial charge in [0, 0.05) is 19.2 Å². The van der Waals surface area contributed by atoms with E-state index in [1.165, 1.54) is 0 Å². The number of hydrogen-bond acceptors (Lipinski definition) is 3. The smallest absolute Gasteiger partial charge is 0.222 e. The molecule has 19 heavy (non-hydrogen) atoms. The number of pyridine rings is 1. The summed E-state index contributed by atoms with van der Waals surface area (Å²) in [6, 6.07) is 1.76. The van der Waals surface area contributed by atoms with Gasteiger partial charge in [0.15, 0.2) is 5.65 Å². The maximum Gasteiger partial charge on any atom is 0.222 e. The number of rotatable bonds is 2. The number of imidazole rings is 1. The average molecular weight is 299 g/mol. The van der Waals surface area contributed by atoms with E-state index < -0.39 is 0 Å². The Kier molecular flexibility index (Phi) is 3.11. The second kappa shape index (κ2) is 4.65. The van der Waals surface area contributed by atoms with Crippen molar-refractivity contribution >= 4 is 40.3 Å². The molecule has 0 radical (unpaired) electrons. The first-order valence-electron chi connectivity index (χ1n) is 6.00. The Labute approximate surface area is 119 Å². The van der Waals surface area contributed by atoms with Gasteiger partial charge < -0.3 is 9.88 Å². The molecular formula is C12H12Cl2N4O. The number of hydrogen-bond donors (Lipinski definition) is 1. The van der Waals surface area contributed by atoms with Gasteiger partial charge in [-0.2, -0.15) is 0 Å². The molecule has 3 heterocycles. The number of nitrogens with zero attached hydrogens (tertiary/aromatic N) is 3. The van der Waals surface area contributed by atoms with Crippen LogP contribution in [-0.4, -0.2) is 27.0 Å². The van der Waals surface area contributed by atoms with E-state index in [1.807, 2.05) is 11.5 Å². The standard InChI is InChI=1S/C12H12Cl2N4O/c1-6(13)11-17-9-2-7(14)4-16-12(9)18(11)8-3-10(19)15-5-8/h2,4,6,8H,3,5H2,1H3,(H,15,19). The molecule has 2 unspecified atom stereocenters. The summed E-state index contributed by atoms with van der Waals surface area (Å²) in [4.78, 5) is 20.2. The number of amides is 1. The highest BCUT2D eigenvalue weighted by atomic mass is 35.5. The van der Waals surface area contributed by atoms with E-state index >= 15 is 0 Å². The first-order valence-corrected chi connectivity index (χ1v) is 6.82. The molecule has 1 N–H and O–H groups in total. The molecule has 0 saturated carbocycles. The molecule has 2 atom stereocenters. The Morgan fingerprint density at radius 2 is 2.37 bits per heavy atom. The SMILES string of the molecule is CC(Cl)c1nc2cc(Cl)cnc2n1C1CNC(=O)C1. The summed E-state index contributed by atoms with van der Waals surface area (Å²) in [6.07, 6.45) is 2.00. The van der Waals surface area contributed by atoms with Crippen LogP contribution in [0.2, 0.25) is 5.02 Å². The molecule has 5 nitrogen and oxygen atoms in total. The van der Waals surface area contributed by atoms with Crippen LogP contribution in [0.15, 0.2) is 12.3 Å². The highest BCUT2D eigenvalue weighted by Crippen LogP contribution is 2.30. The largest absolute Gasteiger partial charge is 0.354 e. The minimum atomic E-state index is -0.260. The van der Waals surface area contributed by atoms with Crippen molar-refractivity contribution in [2.45, 2.75) is 24.8 Å². The van der Waals surface area contributed by atoms with Crippen LogP contribution in [0.25, 0.3) is 11.2 Å². The average Bonchev–Trinajstić information content (AvgIpc) is 2.91. The zero-order valence-electron chi connectivity index (χ0n) is 10.2. The summed E-state index contributed by atoms with van der Waals surface area (Å²) in [5.41, 5.74) is 1.42. The van der Waals surface area contributed by atoms with E-state index in [1.54, 1.807) is 12.3 Å². The van der Waals surface area contributed by atoms with E-state index in [4.69, 9.17) is 23.2 Å². The Hall–Kier alpha value is -1.33. The van der Waals surface area contributed by atoms with Gasteiger partial charge in [-0.25, -0.2) is 9.97 Å². The van der Waals surface area contributed by atoms with Crippen molar-refractivity contribution in [3.8, 4) is 0 Å². The second-order valence-electron chi connectivity index (χ2n) is 4.61. The van der Waals surface area contributed by atoms with Crippen molar-refractivity contribution in [3.05, 3.63) is 23.1 Å². The molecule has 2 aromatic heterocycles. The molecule has 0 aromatic carbocycles. The number of carbonyl (C=O) groups is 1. The van der Waals surface area contributed by atoms with Crippen LogP contribution >= 0.6 is 23.2 Å². The maximum atomic E-state index is 11.4. The summed E-state index contributed by atoms with van der Waals surface area (Å²) >= 11 is 12.1. The number of alkyl halides is 1. The van der Waals surface area contributed by atoms with E-state index in [2.05, 4.69) is 15.3 Å². The number of nitrogens with one attached hydrogen (secondary N) is 1. The molecule has 3 rings (SSSR count). The summed E-state index contributed by atoms with van der Waals surface area (Å²) in [5.74, 6) is 0.752. The third kappa shape index (κ3) is 2.17. The monoisotopic (exact) mass is 298 g/mol. The number of fused-ring (bicyclic) bond motifs is 1. The van der Waals surface area contributed by atoms with Crippen LogP contribution in [0.5, 0.6) is 0 Å². The Balaban J connectivity index is 2.19. The highest BCUT2D eigenvalue weighted by molar-refractivity contribution is 6.31. The number of aromatic nitrogens is 3. The van der Waals surface area contributed by atoms with Gasteiger partial charge in [-0.1, -0.05) is 11.6 Å². The predicted octanol–water partition coefficient (Wildman–Crippen LogP) is 2.45. The van der Waals surface area contributed by atoms with Gasteiger partial charge in [-0.15, -0.1) is 11.6 Å². The van der Waals surface area contributed by atoms with Crippen molar-refractivity contribution in [3.63, 3.8) is 0 Å². The lowest BCUT2D eigenvalue weighted by Crippen LogP contribution is -2.17. The molecule has 0 aliphatic carbocycles. The summed E-state index contributed by atoms with van der Waals surface area (Å²) in [5, 5.41) is 3.09. The van der Waals surface area contributed by atoms with E-state index in [0.717, 1.165) is 0 Å². The Bertz CT molecular complexity index is 652. The van der Waals surface area contributed by atoms with E-state index in [9.17, 15) is 4.79 Å². The third-order valence-corrected chi connectivity index (χ3v) is 3.60. The van der Waals surface area contributed by atoms with Crippen LogP contribution in [0, 0.1) is 0 Å². The normalized spacial score (nSPS) is 20.8. The van der Waals surface area contributed by atoms with Crippen molar-refractivity contribution in [2.24, 2.45) is 0 Å². The lowest BCUT2D eigenvalue weighted by Gasteiger charge is -2.15. The summed E-state index contributed by atoms with van der Waals surface area (Å²) < 4.78 is 1.95. The molecule has 2 aromatic rings. The second-order valence-corrected chi connectivity index (χ2v) is 5.71. The van der Waals surface area contributed by atoms with Gasteiger partial charge in [-0.3, -0.25) is 4.79 Å². The topological polar surface area (TPSA) is 59.8 Å². The van der Waals surface area contributed by atoms with Crippen molar-refractivity contribution in [2.75, 3.05) is 6.54 Å². The molecule has 0 bridgehead atoms. The Morgan fingerprint density at radius 3 is 3.00 bits per heavy atom. The Morgan fingerprint density at radius 1 is 1.58 bits per heavy atom. The minimum absolute atomic E-state index is 0.00220. The lowest BCUT2D eigenvalue weighted by molar-refractivity contribution is -0.119. The van der Waals surface area contributed by atoms with Crippen molar-refractivity contribution < 1.29 is 4.79 Å². The summed E-state index contributed by atoms with van der Waals surface area (Å²) in [7, 11) is 0. The highest BCUT2D eigenvalue weighted by Gasteiger charge is 2.28. The molecule has 1 saturated heterocycles. The molecule has 7 heteroatoms. The van der Waals surface area contributed by atoms with E-state index in [0.29, 0.717) is 35.0 Å². The molecule has 1 aliphatic heterocycles. The van der Waals surface area contributed by atoms with Crippen LogP contribution in [-0.2, 0) is 4.79 Å².